The molecule has 2 fully saturated rings. The third-order valence-corrected chi connectivity index (χ3v) is 7.59. The molecule has 7 nitrogen and oxygen atoms in total. The van der Waals surface area contributed by atoms with Crippen LogP contribution in [0.3, 0.4) is 0 Å². The molecule has 0 saturated carbocycles. The highest BCUT2D eigenvalue weighted by atomic mass is 32.1. The maximum absolute atomic E-state index is 13.9. The van der Waals surface area contributed by atoms with Crippen molar-refractivity contribution in [2.75, 3.05) is 5.32 Å². The van der Waals surface area contributed by atoms with Gasteiger partial charge < -0.3 is 20.3 Å². The van der Waals surface area contributed by atoms with Crippen LogP contribution in [0.4, 0.5) is 5.69 Å². The highest BCUT2D eigenvalue weighted by Gasteiger charge is 2.72. The zero-order valence-electron chi connectivity index (χ0n) is 19.7. The third-order valence-electron chi connectivity index (χ3n) is 6.73. The van der Waals surface area contributed by atoms with Crippen molar-refractivity contribution in [1.82, 2.24) is 10.2 Å². The lowest BCUT2D eigenvalue weighted by molar-refractivity contribution is -0.142. The van der Waals surface area contributed by atoms with Crippen LogP contribution in [0.1, 0.15) is 31.2 Å². The maximum Gasteiger partial charge on any atom is 0.246 e. The molecular formula is C26H29N3O4S. The molecule has 3 amide bonds. The number of ether oxygens (including phenoxy) is 1. The molecule has 1 aromatic heterocycles. The van der Waals surface area contributed by atoms with E-state index in [1.54, 1.807) is 4.90 Å². The summed E-state index contributed by atoms with van der Waals surface area (Å²) >= 11 is 1.53. The minimum atomic E-state index is -1.16. The molecule has 2 aromatic rings. The first-order valence-corrected chi connectivity index (χ1v) is 12.4. The second-order valence-corrected chi connectivity index (χ2v) is 11.3. The lowest BCUT2D eigenvalue weighted by Gasteiger charge is -2.34. The van der Waals surface area contributed by atoms with Gasteiger partial charge in [-0.25, -0.2) is 0 Å². The minimum Gasteiger partial charge on any atom is -0.359 e. The van der Waals surface area contributed by atoms with Crippen molar-refractivity contribution in [3.63, 3.8) is 0 Å². The van der Waals surface area contributed by atoms with Crippen molar-refractivity contribution in [1.29, 1.82) is 0 Å². The predicted molar refractivity (Wildman–Crippen MR) is 130 cm³/mol. The van der Waals surface area contributed by atoms with E-state index in [-0.39, 0.29) is 17.7 Å². The summed E-state index contributed by atoms with van der Waals surface area (Å²) in [5.74, 6) is -2.24. The largest absolute Gasteiger partial charge is 0.359 e. The average molecular weight is 480 g/mol. The summed E-state index contributed by atoms with van der Waals surface area (Å²) < 4.78 is 6.36. The quantitative estimate of drug-likeness (QED) is 0.645. The molecule has 5 rings (SSSR count). The molecule has 3 aliphatic rings. The molecule has 8 heteroatoms. The Labute approximate surface area is 203 Å². The molecule has 2 N–H and O–H groups in total. The monoisotopic (exact) mass is 479 g/mol. The van der Waals surface area contributed by atoms with Gasteiger partial charge >= 0.3 is 0 Å². The number of fused-ring (bicyclic) bond motifs is 1. The van der Waals surface area contributed by atoms with Gasteiger partial charge in [0.2, 0.25) is 17.7 Å². The van der Waals surface area contributed by atoms with E-state index in [1.807, 2.05) is 81.6 Å². The van der Waals surface area contributed by atoms with Crippen molar-refractivity contribution < 1.29 is 19.1 Å². The number of aryl methyl sites for hydroxylation is 1. The van der Waals surface area contributed by atoms with Gasteiger partial charge in [-0.2, -0.15) is 0 Å². The molecule has 5 atom stereocenters. The van der Waals surface area contributed by atoms with E-state index < -0.39 is 35.1 Å². The van der Waals surface area contributed by atoms with E-state index >= 15 is 0 Å². The van der Waals surface area contributed by atoms with Crippen molar-refractivity contribution in [3.05, 3.63) is 64.4 Å². The fraction of sp³-hybridized carbons (Fsp3) is 0.423. The summed E-state index contributed by atoms with van der Waals surface area (Å²) in [6.45, 7) is 7.93. The Kier molecular flexibility index (Phi) is 5.41. The zero-order valence-corrected chi connectivity index (χ0v) is 20.5. The van der Waals surface area contributed by atoms with Gasteiger partial charge in [0.05, 0.1) is 24.5 Å². The standard InChI is InChI=1S/C26H29N3O4S/c1-15-8-5-6-10-17(15)27-22(30)19-18-11-12-26(33-18)20(19)24(32)29(14-16-9-7-13-34-16)21(26)23(31)28-25(2,3)4/h5-13,18-21H,14H2,1-4H3,(H,27,30)(H,28,31)/t18-,19+,20+,21-,26+/m1/s1. The predicted octanol–water partition coefficient (Wildman–Crippen LogP) is 3.26. The zero-order chi connectivity index (χ0) is 24.3. The van der Waals surface area contributed by atoms with E-state index in [2.05, 4.69) is 10.6 Å². The molecule has 1 aromatic carbocycles. The first-order chi connectivity index (χ1) is 16.1. The van der Waals surface area contributed by atoms with E-state index in [4.69, 9.17) is 4.74 Å². The Bertz CT molecular complexity index is 1170. The van der Waals surface area contributed by atoms with Crippen LogP contribution in [-0.4, -0.2) is 45.9 Å². The van der Waals surface area contributed by atoms with E-state index in [9.17, 15) is 14.4 Å². The number of anilines is 1. The number of para-hydroxylation sites is 1. The van der Waals surface area contributed by atoms with Gasteiger partial charge in [-0.05, 0) is 50.8 Å². The van der Waals surface area contributed by atoms with Crippen LogP contribution in [0.15, 0.2) is 53.9 Å². The van der Waals surface area contributed by atoms with Crippen molar-refractivity contribution in [2.24, 2.45) is 11.8 Å². The van der Waals surface area contributed by atoms with Gasteiger partial charge in [-0.1, -0.05) is 36.4 Å². The van der Waals surface area contributed by atoms with Crippen LogP contribution in [0.5, 0.6) is 0 Å². The van der Waals surface area contributed by atoms with Gasteiger partial charge in [0.1, 0.15) is 11.6 Å². The van der Waals surface area contributed by atoms with Crippen LogP contribution in [0.2, 0.25) is 0 Å². The molecule has 0 aliphatic carbocycles. The van der Waals surface area contributed by atoms with E-state index in [1.165, 1.54) is 11.3 Å². The molecular weight excluding hydrogens is 450 g/mol. The normalized spacial score (nSPS) is 29.4. The van der Waals surface area contributed by atoms with Crippen LogP contribution < -0.4 is 10.6 Å². The maximum atomic E-state index is 13.9. The fourth-order valence-electron chi connectivity index (χ4n) is 5.38. The summed E-state index contributed by atoms with van der Waals surface area (Å²) in [6.07, 6.45) is 3.11. The molecule has 34 heavy (non-hydrogen) atoms. The summed E-state index contributed by atoms with van der Waals surface area (Å²) in [7, 11) is 0. The van der Waals surface area contributed by atoms with E-state index in [0.717, 1.165) is 10.4 Å². The van der Waals surface area contributed by atoms with Crippen LogP contribution in [0, 0.1) is 18.8 Å². The van der Waals surface area contributed by atoms with Gasteiger partial charge in [0.25, 0.3) is 0 Å². The highest BCUT2D eigenvalue weighted by molar-refractivity contribution is 7.09. The second kappa shape index (κ2) is 8.06. The molecule has 0 radical (unpaired) electrons. The first kappa shape index (κ1) is 22.8. The number of benzene rings is 1. The summed E-state index contributed by atoms with van der Waals surface area (Å²) in [4.78, 5) is 43.5. The molecule has 2 saturated heterocycles. The molecule has 1 spiro atoms. The number of amides is 3. The first-order valence-electron chi connectivity index (χ1n) is 11.5. The lowest BCUT2D eigenvalue weighted by atomic mass is 9.74. The topological polar surface area (TPSA) is 87.7 Å². The Morgan fingerprint density at radius 1 is 1.15 bits per heavy atom. The summed E-state index contributed by atoms with van der Waals surface area (Å²) in [5.41, 5.74) is -0.00564. The SMILES string of the molecule is Cc1ccccc1NC(=O)[C@@H]1[C@H]2C(=O)N(Cc3cccs3)[C@H](C(=O)NC(C)(C)C)[C@]23C=C[C@H]1O3. The molecule has 178 valence electrons. The second-order valence-electron chi connectivity index (χ2n) is 10.3. The van der Waals surface area contributed by atoms with E-state index in [0.29, 0.717) is 12.2 Å². The van der Waals surface area contributed by atoms with Crippen molar-refractivity contribution >= 4 is 34.7 Å². The van der Waals surface area contributed by atoms with Gasteiger partial charge in [0.15, 0.2) is 0 Å². The van der Waals surface area contributed by atoms with Crippen molar-refractivity contribution in [3.8, 4) is 0 Å². The average Bonchev–Trinajstić information content (AvgIpc) is 3.51. The minimum absolute atomic E-state index is 0.223. The number of thiophene rings is 1. The summed E-state index contributed by atoms with van der Waals surface area (Å²) in [5, 5.41) is 7.96. The number of carbonyl (C=O) groups is 3. The number of rotatable bonds is 5. The van der Waals surface area contributed by atoms with Gasteiger partial charge in [-0.15, -0.1) is 11.3 Å². The number of nitrogens with one attached hydrogen (secondary N) is 2. The Morgan fingerprint density at radius 2 is 1.91 bits per heavy atom. The smallest absolute Gasteiger partial charge is 0.246 e. The third kappa shape index (κ3) is 3.65. The lowest BCUT2D eigenvalue weighted by Crippen LogP contribution is -2.57. The fourth-order valence-corrected chi connectivity index (χ4v) is 6.08. The van der Waals surface area contributed by atoms with Crippen LogP contribution >= 0.6 is 11.3 Å². The number of nitrogens with zero attached hydrogens (tertiary/aromatic N) is 1. The number of hydrogen-bond acceptors (Lipinski definition) is 5. The number of hydrogen-bond donors (Lipinski definition) is 2. The van der Waals surface area contributed by atoms with Gasteiger partial charge in [-0.3, -0.25) is 14.4 Å². The molecule has 3 aliphatic heterocycles. The number of likely N-dealkylation sites (tertiary alicyclic amines) is 1. The molecule has 2 bridgehead atoms. The van der Waals surface area contributed by atoms with Crippen LogP contribution in [-0.2, 0) is 25.7 Å². The Hall–Kier alpha value is -2.97. The molecule has 4 heterocycles. The Morgan fingerprint density at radius 3 is 2.59 bits per heavy atom. The Balaban J connectivity index is 1.51. The summed E-state index contributed by atoms with van der Waals surface area (Å²) in [6, 6.07) is 10.5. The number of carbonyl (C=O) groups excluding carboxylic acids is 3. The highest BCUT2D eigenvalue weighted by Crippen LogP contribution is 2.55. The van der Waals surface area contributed by atoms with Gasteiger partial charge in [0, 0.05) is 16.1 Å². The van der Waals surface area contributed by atoms with Crippen molar-refractivity contribution in [2.45, 2.75) is 57.5 Å². The molecule has 0 unspecified atom stereocenters. The van der Waals surface area contributed by atoms with Crippen LogP contribution in [0.25, 0.3) is 0 Å².